The number of allylic oxidation sites excluding steroid dienone is 2. The van der Waals surface area contributed by atoms with Gasteiger partial charge in [0.1, 0.15) is 0 Å². The molecule has 0 radical (unpaired) electrons. The van der Waals surface area contributed by atoms with E-state index in [1.54, 1.807) is 0 Å². The van der Waals surface area contributed by atoms with E-state index in [2.05, 4.69) is 6.92 Å². The molecule has 0 amide bonds. The van der Waals surface area contributed by atoms with Crippen molar-refractivity contribution in [2.45, 2.75) is 46.0 Å². The molecule has 132 valence electrons. The summed E-state index contributed by atoms with van der Waals surface area (Å²) in [7, 11) is 0. The van der Waals surface area contributed by atoms with E-state index in [1.165, 1.54) is 12.2 Å². The highest BCUT2D eigenvalue weighted by atomic mass is 16.5. The van der Waals surface area contributed by atoms with Gasteiger partial charge in [-0.25, -0.2) is 9.59 Å². The molecule has 0 aromatic heterocycles. The van der Waals surface area contributed by atoms with Gasteiger partial charge in [0.2, 0.25) is 0 Å². The molecule has 0 spiro atoms. The third-order valence-corrected chi connectivity index (χ3v) is 3.08. The minimum atomic E-state index is -1.06. The van der Waals surface area contributed by atoms with Gasteiger partial charge in [-0.2, -0.15) is 0 Å². The van der Waals surface area contributed by atoms with Gasteiger partial charge >= 0.3 is 11.9 Å². The molecule has 0 aromatic rings. The van der Waals surface area contributed by atoms with Gasteiger partial charge in [-0.3, -0.25) is 0 Å². The van der Waals surface area contributed by atoms with Crippen LogP contribution >= 0.6 is 0 Å². The topological polar surface area (TPSA) is 93.1 Å². The zero-order valence-electron chi connectivity index (χ0n) is 14.0. The molecular formula is C17H28O6. The Bertz CT molecular complexity index is 411. The van der Waals surface area contributed by atoms with Crippen molar-refractivity contribution in [2.24, 2.45) is 0 Å². The van der Waals surface area contributed by atoms with E-state index in [9.17, 15) is 9.59 Å². The highest BCUT2D eigenvalue weighted by Gasteiger charge is 2.08. The summed E-state index contributed by atoms with van der Waals surface area (Å²) in [4.78, 5) is 22.1. The van der Waals surface area contributed by atoms with Crippen LogP contribution in [-0.4, -0.2) is 48.6 Å². The largest absolute Gasteiger partial charge is 0.478 e. The maximum Gasteiger partial charge on any atom is 0.331 e. The number of carboxylic acid groups (broad SMARTS) is 2. The SMILES string of the molecule is CCCCOCCOCCC(=CC=C(CCC)C(=O)O)C(=O)O. The molecule has 0 aliphatic carbocycles. The Hall–Kier alpha value is -1.66. The minimum Gasteiger partial charge on any atom is -0.478 e. The Morgan fingerprint density at radius 2 is 1.30 bits per heavy atom. The van der Waals surface area contributed by atoms with E-state index in [0.29, 0.717) is 32.7 Å². The standard InChI is InChI=1S/C17H28O6/c1-3-5-10-22-12-13-23-11-9-15(17(20)21)8-7-14(6-4-2)16(18)19/h7-8H,3-6,9-13H2,1-2H3,(H,18,19)(H,20,21). The van der Waals surface area contributed by atoms with Crippen LogP contribution in [0.25, 0.3) is 0 Å². The number of ether oxygens (including phenoxy) is 2. The number of rotatable bonds is 14. The number of unbranched alkanes of at least 4 members (excludes halogenated alkanes) is 1. The van der Waals surface area contributed by atoms with Crippen LogP contribution in [0.1, 0.15) is 46.0 Å². The lowest BCUT2D eigenvalue weighted by Gasteiger charge is -2.06. The third-order valence-electron chi connectivity index (χ3n) is 3.08. The van der Waals surface area contributed by atoms with E-state index in [4.69, 9.17) is 19.7 Å². The first kappa shape index (κ1) is 21.3. The van der Waals surface area contributed by atoms with Crippen molar-refractivity contribution in [3.8, 4) is 0 Å². The zero-order valence-corrected chi connectivity index (χ0v) is 14.0. The van der Waals surface area contributed by atoms with Gasteiger partial charge < -0.3 is 19.7 Å². The van der Waals surface area contributed by atoms with Crippen molar-refractivity contribution in [3.63, 3.8) is 0 Å². The second kappa shape index (κ2) is 14.0. The Morgan fingerprint density at radius 1 is 0.783 bits per heavy atom. The van der Waals surface area contributed by atoms with Crippen molar-refractivity contribution >= 4 is 11.9 Å². The number of aliphatic carboxylic acids is 2. The maximum atomic E-state index is 11.2. The smallest absolute Gasteiger partial charge is 0.331 e. The molecule has 0 saturated carbocycles. The molecule has 23 heavy (non-hydrogen) atoms. The number of hydrogen-bond acceptors (Lipinski definition) is 4. The summed E-state index contributed by atoms with van der Waals surface area (Å²) in [5.74, 6) is -2.08. The first-order chi connectivity index (χ1) is 11.0. The van der Waals surface area contributed by atoms with Crippen molar-refractivity contribution < 1.29 is 29.3 Å². The van der Waals surface area contributed by atoms with Crippen LogP contribution in [0.5, 0.6) is 0 Å². The Kier molecular flexibility index (Phi) is 13.0. The second-order valence-corrected chi connectivity index (χ2v) is 5.07. The van der Waals surface area contributed by atoms with Crippen molar-refractivity contribution in [1.29, 1.82) is 0 Å². The average molecular weight is 328 g/mol. The molecule has 6 nitrogen and oxygen atoms in total. The van der Waals surface area contributed by atoms with Crippen LogP contribution in [-0.2, 0) is 19.1 Å². The van der Waals surface area contributed by atoms with E-state index < -0.39 is 11.9 Å². The van der Waals surface area contributed by atoms with Crippen molar-refractivity contribution in [1.82, 2.24) is 0 Å². The fourth-order valence-electron chi connectivity index (χ4n) is 1.74. The van der Waals surface area contributed by atoms with Crippen LogP contribution in [0.15, 0.2) is 23.3 Å². The predicted molar refractivity (Wildman–Crippen MR) is 87.5 cm³/mol. The van der Waals surface area contributed by atoms with E-state index in [0.717, 1.165) is 12.8 Å². The molecule has 6 heteroatoms. The average Bonchev–Trinajstić information content (AvgIpc) is 2.50. The van der Waals surface area contributed by atoms with Crippen LogP contribution in [0.4, 0.5) is 0 Å². The summed E-state index contributed by atoms with van der Waals surface area (Å²) >= 11 is 0. The highest BCUT2D eigenvalue weighted by Crippen LogP contribution is 2.09. The molecule has 0 atom stereocenters. The van der Waals surface area contributed by atoms with Gasteiger partial charge in [-0.1, -0.05) is 38.8 Å². The molecule has 0 aromatic carbocycles. The normalized spacial score (nSPS) is 12.4. The van der Waals surface area contributed by atoms with Gasteiger partial charge in [-0.05, 0) is 12.8 Å². The van der Waals surface area contributed by atoms with E-state index in [-0.39, 0.29) is 24.2 Å². The second-order valence-electron chi connectivity index (χ2n) is 5.07. The molecule has 0 saturated heterocycles. The maximum absolute atomic E-state index is 11.2. The number of hydrogen-bond donors (Lipinski definition) is 2. The molecule has 0 unspecified atom stereocenters. The zero-order chi connectivity index (χ0) is 17.5. The molecule has 2 N–H and O–H groups in total. The van der Waals surface area contributed by atoms with E-state index >= 15 is 0 Å². The van der Waals surface area contributed by atoms with Crippen LogP contribution in [0, 0.1) is 0 Å². The Labute approximate surface area is 137 Å². The molecule has 0 fully saturated rings. The molecular weight excluding hydrogens is 300 g/mol. The fourth-order valence-corrected chi connectivity index (χ4v) is 1.74. The van der Waals surface area contributed by atoms with Gasteiger partial charge in [0.25, 0.3) is 0 Å². The quantitative estimate of drug-likeness (QED) is 0.289. The van der Waals surface area contributed by atoms with E-state index in [1.807, 2.05) is 6.92 Å². The van der Waals surface area contributed by atoms with Crippen molar-refractivity contribution in [2.75, 3.05) is 26.4 Å². The first-order valence-electron chi connectivity index (χ1n) is 8.04. The van der Waals surface area contributed by atoms with Gasteiger partial charge in [-0.15, -0.1) is 0 Å². The molecule has 0 rings (SSSR count). The molecule has 0 bridgehead atoms. The first-order valence-corrected chi connectivity index (χ1v) is 8.04. The van der Waals surface area contributed by atoms with Crippen LogP contribution in [0.3, 0.4) is 0 Å². The lowest BCUT2D eigenvalue weighted by atomic mass is 10.1. The van der Waals surface area contributed by atoms with Gasteiger partial charge in [0, 0.05) is 24.2 Å². The summed E-state index contributed by atoms with van der Waals surface area (Å²) in [5, 5.41) is 18.1. The third kappa shape index (κ3) is 11.5. The summed E-state index contributed by atoms with van der Waals surface area (Å²) in [6.07, 6.45) is 6.13. The fraction of sp³-hybridized carbons (Fsp3) is 0.647. The van der Waals surface area contributed by atoms with Crippen molar-refractivity contribution in [3.05, 3.63) is 23.3 Å². The summed E-state index contributed by atoms with van der Waals surface area (Å²) in [5.41, 5.74) is 0.336. The lowest BCUT2D eigenvalue weighted by Crippen LogP contribution is -2.09. The predicted octanol–water partition coefficient (Wildman–Crippen LogP) is 3.03. The van der Waals surface area contributed by atoms with Gasteiger partial charge in [0.05, 0.1) is 19.8 Å². The van der Waals surface area contributed by atoms with Gasteiger partial charge in [0.15, 0.2) is 0 Å². The summed E-state index contributed by atoms with van der Waals surface area (Å²) in [6.45, 7) is 5.84. The molecule has 0 aliphatic heterocycles. The van der Waals surface area contributed by atoms with Crippen LogP contribution in [0.2, 0.25) is 0 Å². The number of carbonyl (C=O) groups is 2. The van der Waals surface area contributed by atoms with Crippen LogP contribution < -0.4 is 0 Å². The number of carboxylic acids is 2. The Balaban J connectivity index is 4.26. The Morgan fingerprint density at radius 3 is 1.78 bits per heavy atom. The lowest BCUT2D eigenvalue weighted by molar-refractivity contribution is -0.134. The minimum absolute atomic E-state index is 0.131. The highest BCUT2D eigenvalue weighted by molar-refractivity contribution is 5.89. The monoisotopic (exact) mass is 328 g/mol. The molecule has 0 heterocycles. The molecule has 0 aliphatic rings. The summed E-state index contributed by atoms with van der Waals surface area (Å²) in [6, 6.07) is 0. The summed E-state index contributed by atoms with van der Waals surface area (Å²) < 4.78 is 10.7.